The molecular formula is C11H20N2O3. The van der Waals surface area contributed by atoms with Gasteiger partial charge < -0.3 is 15.2 Å². The number of likely N-dealkylation sites (tertiary alicyclic amines) is 1. The summed E-state index contributed by atoms with van der Waals surface area (Å²) >= 11 is 0. The fourth-order valence-electron chi connectivity index (χ4n) is 2.35. The fraction of sp³-hybridized carbons (Fsp3) is 0.909. The summed E-state index contributed by atoms with van der Waals surface area (Å²) < 4.78 is 5.23. The van der Waals surface area contributed by atoms with Crippen LogP contribution in [0.5, 0.6) is 0 Å². The Labute approximate surface area is 95.8 Å². The lowest BCUT2D eigenvalue weighted by Gasteiger charge is -2.43. The Morgan fingerprint density at radius 1 is 1.50 bits per heavy atom. The minimum absolute atomic E-state index is 0.0578. The summed E-state index contributed by atoms with van der Waals surface area (Å²) in [5, 5.41) is 12.5. The SMILES string of the molecule is CC1(O)CN(CC(=O)NC2CCOCC2)C1. The molecule has 0 aromatic heterocycles. The predicted molar refractivity (Wildman–Crippen MR) is 59.0 cm³/mol. The second-order valence-corrected chi connectivity index (χ2v) is 5.10. The van der Waals surface area contributed by atoms with E-state index in [1.54, 1.807) is 6.92 Å². The van der Waals surface area contributed by atoms with Crippen LogP contribution < -0.4 is 5.32 Å². The van der Waals surface area contributed by atoms with E-state index in [0.717, 1.165) is 26.1 Å². The maximum absolute atomic E-state index is 11.7. The molecule has 2 N–H and O–H groups in total. The lowest BCUT2D eigenvalue weighted by molar-refractivity contribution is -0.131. The molecule has 5 heteroatoms. The molecule has 92 valence electrons. The third kappa shape index (κ3) is 3.17. The molecule has 2 aliphatic rings. The molecule has 16 heavy (non-hydrogen) atoms. The Morgan fingerprint density at radius 2 is 2.12 bits per heavy atom. The highest BCUT2D eigenvalue weighted by molar-refractivity contribution is 5.78. The molecule has 5 nitrogen and oxygen atoms in total. The van der Waals surface area contributed by atoms with E-state index in [2.05, 4.69) is 5.32 Å². The number of β-amino-alcohol motifs (C(OH)–C–C–N with tert-alkyl or cyclic N) is 1. The zero-order valence-corrected chi connectivity index (χ0v) is 9.74. The zero-order valence-electron chi connectivity index (χ0n) is 9.74. The summed E-state index contributed by atoms with van der Waals surface area (Å²) in [4.78, 5) is 13.6. The maximum Gasteiger partial charge on any atom is 0.234 e. The molecule has 0 aromatic rings. The van der Waals surface area contributed by atoms with Gasteiger partial charge in [-0.15, -0.1) is 0 Å². The van der Waals surface area contributed by atoms with Gasteiger partial charge in [0.2, 0.25) is 5.91 Å². The smallest absolute Gasteiger partial charge is 0.234 e. The van der Waals surface area contributed by atoms with E-state index in [4.69, 9.17) is 4.74 Å². The average molecular weight is 228 g/mol. The third-order valence-corrected chi connectivity index (χ3v) is 3.08. The number of carbonyl (C=O) groups excluding carboxylic acids is 1. The van der Waals surface area contributed by atoms with Gasteiger partial charge in [-0.05, 0) is 19.8 Å². The minimum Gasteiger partial charge on any atom is -0.388 e. The quantitative estimate of drug-likeness (QED) is 0.674. The van der Waals surface area contributed by atoms with E-state index in [1.807, 2.05) is 4.90 Å². The van der Waals surface area contributed by atoms with Crippen molar-refractivity contribution in [2.24, 2.45) is 0 Å². The highest BCUT2D eigenvalue weighted by atomic mass is 16.5. The van der Waals surface area contributed by atoms with Crippen LogP contribution in [0, 0.1) is 0 Å². The number of nitrogens with one attached hydrogen (secondary N) is 1. The van der Waals surface area contributed by atoms with Gasteiger partial charge in [0, 0.05) is 32.3 Å². The molecule has 0 aromatic carbocycles. The molecule has 2 aliphatic heterocycles. The van der Waals surface area contributed by atoms with Crippen molar-refractivity contribution in [3.8, 4) is 0 Å². The van der Waals surface area contributed by atoms with Crippen molar-refractivity contribution < 1.29 is 14.6 Å². The third-order valence-electron chi connectivity index (χ3n) is 3.08. The van der Waals surface area contributed by atoms with Gasteiger partial charge in [0.1, 0.15) is 0 Å². The van der Waals surface area contributed by atoms with Crippen molar-refractivity contribution in [3.63, 3.8) is 0 Å². The number of amides is 1. The molecule has 2 rings (SSSR count). The van der Waals surface area contributed by atoms with Crippen molar-refractivity contribution in [2.45, 2.75) is 31.4 Å². The first kappa shape index (κ1) is 11.8. The van der Waals surface area contributed by atoms with Crippen LogP contribution in [0.15, 0.2) is 0 Å². The normalized spacial score (nSPS) is 26.1. The van der Waals surface area contributed by atoms with Crippen molar-refractivity contribution in [1.29, 1.82) is 0 Å². The number of aliphatic hydroxyl groups is 1. The summed E-state index contributed by atoms with van der Waals surface area (Å²) in [6, 6.07) is 0.267. The van der Waals surface area contributed by atoms with Gasteiger partial charge in [0.05, 0.1) is 12.1 Å². The molecule has 0 saturated carbocycles. The van der Waals surface area contributed by atoms with Gasteiger partial charge in [-0.2, -0.15) is 0 Å². The Morgan fingerprint density at radius 3 is 2.69 bits per heavy atom. The van der Waals surface area contributed by atoms with E-state index in [1.165, 1.54) is 0 Å². The molecule has 0 bridgehead atoms. The lowest BCUT2D eigenvalue weighted by atomic mass is 9.97. The van der Waals surface area contributed by atoms with E-state index >= 15 is 0 Å². The number of ether oxygens (including phenoxy) is 1. The summed E-state index contributed by atoms with van der Waals surface area (Å²) in [6.45, 7) is 4.85. The van der Waals surface area contributed by atoms with Crippen LogP contribution in [0.2, 0.25) is 0 Å². The van der Waals surface area contributed by atoms with E-state index in [0.29, 0.717) is 19.6 Å². The number of rotatable bonds is 3. The first-order chi connectivity index (χ1) is 7.55. The van der Waals surface area contributed by atoms with Crippen LogP contribution >= 0.6 is 0 Å². The number of carbonyl (C=O) groups is 1. The monoisotopic (exact) mass is 228 g/mol. The highest BCUT2D eigenvalue weighted by Gasteiger charge is 2.37. The molecule has 2 heterocycles. The molecule has 0 atom stereocenters. The Bertz CT molecular complexity index is 254. The van der Waals surface area contributed by atoms with Crippen molar-refractivity contribution >= 4 is 5.91 Å². The van der Waals surface area contributed by atoms with Gasteiger partial charge >= 0.3 is 0 Å². The molecule has 2 fully saturated rings. The van der Waals surface area contributed by atoms with E-state index < -0.39 is 5.60 Å². The van der Waals surface area contributed by atoms with Crippen LogP contribution in [0.3, 0.4) is 0 Å². The predicted octanol–water partition coefficient (Wildman–Crippen LogP) is -0.652. The number of hydrogen-bond donors (Lipinski definition) is 2. The molecule has 0 aliphatic carbocycles. The molecule has 0 unspecified atom stereocenters. The Balaban J connectivity index is 1.65. The van der Waals surface area contributed by atoms with Gasteiger partial charge in [-0.3, -0.25) is 9.69 Å². The number of hydrogen-bond acceptors (Lipinski definition) is 4. The van der Waals surface area contributed by atoms with Crippen LogP contribution in [-0.4, -0.2) is 60.4 Å². The van der Waals surface area contributed by atoms with E-state index in [-0.39, 0.29) is 11.9 Å². The van der Waals surface area contributed by atoms with Crippen molar-refractivity contribution in [3.05, 3.63) is 0 Å². The second kappa shape index (κ2) is 4.69. The highest BCUT2D eigenvalue weighted by Crippen LogP contribution is 2.18. The molecule has 1 amide bonds. The number of nitrogens with zero attached hydrogens (tertiary/aromatic N) is 1. The second-order valence-electron chi connectivity index (χ2n) is 5.10. The average Bonchev–Trinajstić information content (AvgIpc) is 2.16. The fourth-order valence-corrected chi connectivity index (χ4v) is 2.35. The Kier molecular flexibility index (Phi) is 3.47. The Hall–Kier alpha value is -0.650. The standard InChI is InChI=1S/C11H20N2O3/c1-11(15)7-13(8-11)6-10(14)12-9-2-4-16-5-3-9/h9,15H,2-8H2,1H3,(H,12,14). The van der Waals surface area contributed by atoms with E-state index in [9.17, 15) is 9.90 Å². The first-order valence-electron chi connectivity index (χ1n) is 5.87. The largest absolute Gasteiger partial charge is 0.388 e. The van der Waals surface area contributed by atoms with Crippen LogP contribution in [0.1, 0.15) is 19.8 Å². The maximum atomic E-state index is 11.7. The van der Waals surface area contributed by atoms with Crippen molar-refractivity contribution in [2.75, 3.05) is 32.8 Å². The lowest BCUT2D eigenvalue weighted by Crippen LogP contribution is -2.62. The van der Waals surface area contributed by atoms with Gasteiger partial charge in [0.25, 0.3) is 0 Å². The summed E-state index contributed by atoms with van der Waals surface area (Å²) in [7, 11) is 0. The molecular weight excluding hydrogens is 208 g/mol. The minimum atomic E-state index is -0.598. The van der Waals surface area contributed by atoms with Crippen LogP contribution in [0.25, 0.3) is 0 Å². The summed E-state index contributed by atoms with van der Waals surface area (Å²) in [5.41, 5.74) is -0.598. The van der Waals surface area contributed by atoms with Crippen LogP contribution in [-0.2, 0) is 9.53 Å². The first-order valence-corrected chi connectivity index (χ1v) is 5.87. The van der Waals surface area contributed by atoms with Gasteiger partial charge in [-0.25, -0.2) is 0 Å². The zero-order chi connectivity index (χ0) is 11.6. The topological polar surface area (TPSA) is 61.8 Å². The molecule has 0 radical (unpaired) electrons. The molecule has 0 spiro atoms. The van der Waals surface area contributed by atoms with Gasteiger partial charge in [0.15, 0.2) is 0 Å². The van der Waals surface area contributed by atoms with Crippen molar-refractivity contribution in [1.82, 2.24) is 10.2 Å². The summed E-state index contributed by atoms with van der Waals surface area (Å²) in [5.74, 6) is 0.0578. The molecule has 2 saturated heterocycles. The summed E-state index contributed by atoms with van der Waals surface area (Å²) in [6.07, 6.45) is 1.81. The van der Waals surface area contributed by atoms with Crippen LogP contribution in [0.4, 0.5) is 0 Å². The van der Waals surface area contributed by atoms with Gasteiger partial charge in [-0.1, -0.05) is 0 Å².